The Morgan fingerprint density at radius 1 is 0.516 bits per heavy atom. The normalized spacial score (nSPS) is 16.0. The second-order valence-corrected chi connectivity index (χ2v) is 14.4. The fourth-order valence-electron chi connectivity index (χ4n) is 5.85. The average molecular weight is 897 g/mol. The number of rotatable bonds is 4. The monoisotopic (exact) mass is 897 g/mol. The first-order valence-corrected chi connectivity index (χ1v) is 23.8. The van der Waals surface area contributed by atoms with Gasteiger partial charge in [-0.1, -0.05) is 138 Å². The quantitative estimate of drug-likeness (QED) is 0.171. The Labute approximate surface area is 388 Å². The van der Waals surface area contributed by atoms with Crippen molar-refractivity contribution >= 4 is 23.1 Å². The largest absolute Gasteiger partial charge is 0.508 e. The molecule has 2 atom stereocenters. The fourth-order valence-corrected chi connectivity index (χ4v) is 5.85. The van der Waals surface area contributed by atoms with E-state index in [0.29, 0.717) is 35.2 Å². The molecular weight excluding hydrogens is 809 g/mol. The number of benzene rings is 2. The van der Waals surface area contributed by atoms with Gasteiger partial charge >= 0.3 is 0 Å². The second kappa shape index (κ2) is 37.3. The van der Waals surface area contributed by atoms with Crippen LogP contribution < -0.4 is 4.74 Å². The SMILES string of the molecule is CC.CC.CC.CC.CC.CC.CC(C)C1=CC(=O)C=CC1=O.CC(C)C1CCC2=C(O1)C(=O)C=CC2=O.CC(C)C1CCc2c(O)ccc(O)c2O1.CC(C)c1cc(O)ccc1O. The molecule has 0 amide bonds. The van der Waals surface area contributed by atoms with Crippen molar-refractivity contribution in [2.75, 3.05) is 0 Å². The van der Waals surface area contributed by atoms with Crippen LogP contribution >= 0.6 is 0 Å². The van der Waals surface area contributed by atoms with Crippen LogP contribution in [0, 0.1) is 17.8 Å². The van der Waals surface area contributed by atoms with Crippen LogP contribution in [0.25, 0.3) is 0 Å². The molecule has 6 rings (SSSR count). The predicted molar refractivity (Wildman–Crippen MR) is 266 cm³/mol. The van der Waals surface area contributed by atoms with E-state index < -0.39 is 0 Å². The van der Waals surface area contributed by atoms with Crippen molar-refractivity contribution in [3.63, 3.8) is 0 Å². The molecule has 0 bridgehead atoms. The number of fused-ring (bicyclic) bond motifs is 1. The predicted octanol–water partition coefficient (Wildman–Crippen LogP) is 13.9. The fraction of sp³-hybridized carbons (Fsp3) is 0.556. The molecule has 0 saturated carbocycles. The Balaban J connectivity index is -0.000000349. The standard InChI is InChI=1S/C12H16O3.C12H14O3.C9H12O2.C9H10O2.6C2H6/c2*1-7(2)11-6-3-8-9(13)4-5-10(14)12(8)15-11;2*1-6(2)8-5-7(10)3-4-9(8)11;6*1-2/h4-5,7,11,13-14H,3,6H2,1-2H3;4-5,7,11H,3,6H2,1-2H3;3-6,10-11H,1-2H3;3-6H,1-2H3;6*1-2H3. The van der Waals surface area contributed by atoms with Gasteiger partial charge in [-0.25, -0.2) is 0 Å². The Morgan fingerprint density at radius 3 is 1.44 bits per heavy atom. The van der Waals surface area contributed by atoms with Gasteiger partial charge in [0.05, 0.1) is 0 Å². The molecule has 10 heteroatoms. The van der Waals surface area contributed by atoms with Gasteiger partial charge in [0, 0.05) is 22.3 Å². The summed E-state index contributed by atoms with van der Waals surface area (Å²) in [4.78, 5) is 44.9. The molecule has 0 fully saturated rings. The summed E-state index contributed by atoms with van der Waals surface area (Å²) < 4.78 is 11.3. The minimum Gasteiger partial charge on any atom is -0.508 e. The van der Waals surface area contributed by atoms with Crippen LogP contribution in [-0.4, -0.2) is 55.8 Å². The van der Waals surface area contributed by atoms with Crippen molar-refractivity contribution in [3.05, 3.63) is 88.7 Å². The minimum absolute atomic E-state index is 0.0420. The van der Waals surface area contributed by atoms with Crippen molar-refractivity contribution in [2.24, 2.45) is 17.8 Å². The van der Waals surface area contributed by atoms with Gasteiger partial charge in [0.2, 0.25) is 5.78 Å². The first-order valence-electron chi connectivity index (χ1n) is 23.8. The molecule has 2 unspecified atom stereocenters. The van der Waals surface area contributed by atoms with Gasteiger partial charge in [-0.15, -0.1) is 0 Å². The lowest BCUT2D eigenvalue weighted by Crippen LogP contribution is -2.30. The maximum absolute atomic E-state index is 11.5. The number of phenolic OH excluding ortho intramolecular Hbond substituents is 4. The number of hydrogen-bond donors (Lipinski definition) is 4. The number of phenols is 4. The molecule has 64 heavy (non-hydrogen) atoms. The van der Waals surface area contributed by atoms with Crippen molar-refractivity contribution < 1.29 is 49.1 Å². The van der Waals surface area contributed by atoms with Crippen LogP contribution in [-0.2, 0) is 30.3 Å². The van der Waals surface area contributed by atoms with Crippen LogP contribution in [0.3, 0.4) is 0 Å². The molecule has 0 saturated heterocycles. The Morgan fingerprint density at radius 2 is 0.969 bits per heavy atom. The summed E-state index contributed by atoms with van der Waals surface area (Å²) in [6, 6.07) is 7.54. The highest BCUT2D eigenvalue weighted by atomic mass is 16.5. The van der Waals surface area contributed by atoms with E-state index in [1.54, 1.807) is 6.07 Å². The van der Waals surface area contributed by atoms with E-state index in [0.717, 1.165) is 30.4 Å². The van der Waals surface area contributed by atoms with Crippen molar-refractivity contribution in [1.82, 2.24) is 0 Å². The summed E-state index contributed by atoms with van der Waals surface area (Å²) >= 11 is 0. The van der Waals surface area contributed by atoms with E-state index in [2.05, 4.69) is 27.7 Å². The zero-order chi connectivity index (χ0) is 50.9. The molecule has 2 heterocycles. The van der Waals surface area contributed by atoms with Crippen LogP contribution in [0.2, 0.25) is 0 Å². The average Bonchev–Trinajstić information content (AvgIpc) is 3.32. The summed E-state index contributed by atoms with van der Waals surface area (Å²) in [6.07, 6.45) is 10.00. The maximum Gasteiger partial charge on any atom is 0.220 e. The van der Waals surface area contributed by atoms with Crippen molar-refractivity contribution in [1.29, 1.82) is 0 Å². The van der Waals surface area contributed by atoms with E-state index in [1.807, 2.05) is 111 Å². The number of aromatic hydroxyl groups is 4. The molecule has 4 aliphatic rings. The zero-order valence-electron chi connectivity index (χ0n) is 43.3. The van der Waals surface area contributed by atoms with E-state index in [-0.39, 0.29) is 75.9 Å². The van der Waals surface area contributed by atoms with Gasteiger partial charge in [-0.05, 0) is 110 Å². The molecule has 364 valence electrons. The smallest absolute Gasteiger partial charge is 0.220 e. The molecule has 2 aromatic carbocycles. The van der Waals surface area contributed by atoms with Crippen LogP contribution in [0.4, 0.5) is 0 Å². The number of ether oxygens (including phenoxy) is 2. The number of allylic oxidation sites excluding steroid dienone is 7. The summed E-state index contributed by atoms with van der Waals surface area (Å²) in [5.74, 6) is 2.30. The van der Waals surface area contributed by atoms with Gasteiger partial charge < -0.3 is 29.9 Å². The molecular formula is C54H88O10. The molecule has 2 aromatic rings. The lowest BCUT2D eigenvalue weighted by atomic mass is 9.90. The van der Waals surface area contributed by atoms with E-state index in [4.69, 9.17) is 14.6 Å². The van der Waals surface area contributed by atoms with Gasteiger partial charge in [0.1, 0.15) is 29.5 Å². The van der Waals surface area contributed by atoms with E-state index in [9.17, 15) is 34.5 Å². The number of carbonyl (C=O) groups is 4. The van der Waals surface area contributed by atoms with E-state index in [1.165, 1.54) is 54.6 Å². The highest BCUT2D eigenvalue weighted by Gasteiger charge is 2.32. The number of carbonyl (C=O) groups excluding carboxylic acids is 4. The summed E-state index contributed by atoms with van der Waals surface area (Å²) in [5.41, 5.74) is 2.67. The van der Waals surface area contributed by atoms with Crippen molar-refractivity contribution in [3.8, 4) is 28.7 Å². The zero-order valence-corrected chi connectivity index (χ0v) is 43.3. The topological polar surface area (TPSA) is 168 Å². The summed E-state index contributed by atoms with van der Waals surface area (Å²) in [5, 5.41) is 37.6. The molecule has 2 aliphatic carbocycles. The van der Waals surface area contributed by atoms with Crippen molar-refractivity contribution in [2.45, 2.75) is 182 Å². The molecule has 4 N–H and O–H groups in total. The first kappa shape index (κ1) is 65.5. The second-order valence-electron chi connectivity index (χ2n) is 14.4. The molecule has 2 aliphatic heterocycles. The Hall–Kier alpha value is -5.12. The maximum atomic E-state index is 11.5. The third-order valence-electron chi connectivity index (χ3n) is 9.02. The number of hydrogen-bond acceptors (Lipinski definition) is 10. The van der Waals surface area contributed by atoms with Crippen LogP contribution in [0.5, 0.6) is 28.7 Å². The van der Waals surface area contributed by atoms with Gasteiger partial charge in [0.25, 0.3) is 0 Å². The lowest BCUT2D eigenvalue weighted by molar-refractivity contribution is -0.120. The molecule has 0 spiro atoms. The van der Waals surface area contributed by atoms with Crippen LogP contribution in [0.15, 0.2) is 77.6 Å². The number of ketones is 4. The Bertz CT molecular complexity index is 1770. The third kappa shape index (κ3) is 22.5. The third-order valence-corrected chi connectivity index (χ3v) is 9.02. The lowest BCUT2D eigenvalue weighted by Gasteiger charge is -2.30. The highest BCUT2D eigenvalue weighted by molar-refractivity contribution is 6.19. The first-order chi connectivity index (χ1) is 30.4. The summed E-state index contributed by atoms with van der Waals surface area (Å²) in [7, 11) is 0. The Kier molecular flexibility index (Phi) is 38.1. The van der Waals surface area contributed by atoms with Crippen LogP contribution in [0.1, 0.15) is 175 Å². The molecule has 0 radical (unpaired) electrons. The van der Waals surface area contributed by atoms with E-state index >= 15 is 0 Å². The van der Waals surface area contributed by atoms with Gasteiger partial charge in [-0.3, -0.25) is 19.2 Å². The summed E-state index contributed by atoms with van der Waals surface area (Å²) in [6.45, 7) is 40.0. The highest BCUT2D eigenvalue weighted by Crippen LogP contribution is 2.42. The molecule has 0 aromatic heterocycles. The van der Waals surface area contributed by atoms with Gasteiger partial charge in [0.15, 0.2) is 34.6 Å². The minimum atomic E-state index is -0.171. The molecule has 10 nitrogen and oxygen atoms in total. The van der Waals surface area contributed by atoms with Gasteiger partial charge in [-0.2, -0.15) is 0 Å².